The summed E-state index contributed by atoms with van der Waals surface area (Å²) in [4.78, 5) is 28.0. The summed E-state index contributed by atoms with van der Waals surface area (Å²) in [5, 5.41) is 11.5. The van der Waals surface area contributed by atoms with Crippen LogP contribution in [0.1, 0.15) is 36.9 Å². The molecule has 2 fully saturated rings. The number of aliphatic hydroxyl groups is 1. The van der Waals surface area contributed by atoms with Gasteiger partial charge in [0.05, 0.1) is 38.5 Å². The minimum atomic E-state index is -0.820. The van der Waals surface area contributed by atoms with E-state index in [0.29, 0.717) is 36.0 Å². The van der Waals surface area contributed by atoms with E-state index in [9.17, 15) is 14.7 Å². The maximum absolute atomic E-state index is 13.3. The molecule has 1 N–H and O–H groups in total. The minimum Gasteiger partial charge on any atom is -0.506 e. The second-order valence-electron chi connectivity index (χ2n) is 8.13. The lowest BCUT2D eigenvalue weighted by Gasteiger charge is -2.28. The summed E-state index contributed by atoms with van der Waals surface area (Å²) in [5.74, 6) is -0.548. The molecular formula is C26H29NO7. The monoisotopic (exact) mass is 467 g/mol. The number of hydrogen-bond acceptors (Lipinski definition) is 7. The Labute approximate surface area is 198 Å². The quantitative estimate of drug-likeness (QED) is 0.359. The van der Waals surface area contributed by atoms with E-state index in [-0.39, 0.29) is 29.5 Å². The van der Waals surface area contributed by atoms with E-state index in [4.69, 9.17) is 18.9 Å². The number of nitrogens with zero attached hydrogens (tertiary/aromatic N) is 1. The highest BCUT2D eigenvalue weighted by Crippen LogP contribution is 2.44. The Bertz CT molecular complexity index is 1080. The van der Waals surface area contributed by atoms with Crippen molar-refractivity contribution in [3.8, 4) is 17.2 Å². The van der Waals surface area contributed by atoms with Crippen molar-refractivity contribution in [3.63, 3.8) is 0 Å². The van der Waals surface area contributed by atoms with Crippen molar-refractivity contribution < 1.29 is 33.6 Å². The van der Waals surface area contributed by atoms with Crippen molar-refractivity contribution in [1.82, 2.24) is 4.90 Å². The van der Waals surface area contributed by atoms with Gasteiger partial charge in [0.2, 0.25) is 0 Å². The first-order chi connectivity index (χ1) is 16.5. The largest absolute Gasteiger partial charge is 0.506 e. The maximum Gasteiger partial charge on any atom is 0.295 e. The third-order valence-electron chi connectivity index (χ3n) is 6.11. The molecule has 2 aliphatic rings. The number of rotatable bonds is 8. The number of carbonyl (C=O) groups is 2. The molecule has 8 heteroatoms. The van der Waals surface area contributed by atoms with E-state index in [1.807, 2.05) is 19.1 Å². The molecule has 2 aliphatic heterocycles. The van der Waals surface area contributed by atoms with Crippen molar-refractivity contribution in [2.24, 2.45) is 0 Å². The zero-order valence-corrected chi connectivity index (χ0v) is 19.6. The predicted octanol–water partition coefficient (Wildman–Crippen LogP) is 3.70. The number of methoxy groups -OCH3 is 2. The molecule has 0 radical (unpaired) electrons. The summed E-state index contributed by atoms with van der Waals surface area (Å²) in [6.07, 6.45) is 1.53. The van der Waals surface area contributed by atoms with Crippen LogP contribution in [0.2, 0.25) is 0 Å². The number of carbonyl (C=O) groups excluding carboxylic acids is 2. The number of Topliss-reactive ketones (excluding diaryl/α,β-unsaturated/α-hetero) is 1. The number of amides is 1. The fourth-order valence-corrected chi connectivity index (χ4v) is 4.58. The van der Waals surface area contributed by atoms with Gasteiger partial charge in [0.1, 0.15) is 28.6 Å². The van der Waals surface area contributed by atoms with Gasteiger partial charge in [-0.05, 0) is 49.6 Å². The molecule has 180 valence electrons. The number of hydrogen-bond donors (Lipinski definition) is 1. The van der Waals surface area contributed by atoms with Crippen LogP contribution in [0, 0.1) is 0 Å². The van der Waals surface area contributed by atoms with Crippen LogP contribution in [0.3, 0.4) is 0 Å². The van der Waals surface area contributed by atoms with Gasteiger partial charge in [-0.15, -0.1) is 0 Å². The molecule has 2 saturated heterocycles. The Balaban J connectivity index is 1.90. The molecule has 0 bridgehead atoms. The van der Waals surface area contributed by atoms with Gasteiger partial charge in [0.15, 0.2) is 0 Å². The predicted molar refractivity (Wildman–Crippen MR) is 125 cm³/mol. The summed E-state index contributed by atoms with van der Waals surface area (Å²) in [6, 6.07) is 11.4. The Morgan fingerprint density at radius 2 is 1.82 bits per heavy atom. The second kappa shape index (κ2) is 10.2. The highest BCUT2D eigenvalue weighted by Gasteiger charge is 2.47. The lowest BCUT2D eigenvalue weighted by Crippen LogP contribution is -2.36. The Morgan fingerprint density at radius 1 is 1.12 bits per heavy atom. The van der Waals surface area contributed by atoms with E-state index in [1.165, 1.54) is 19.1 Å². The number of ketones is 1. The summed E-state index contributed by atoms with van der Waals surface area (Å²) >= 11 is 0. The molecule has 8 nitrogen and oxygen atoms in total. The van der Waals surface area contributed by atoms with E-state index in [0.717, 1.165) is 12.8 Å². The van der Waals surface area contributed by atoms with Gasteiger partial charge in [0, 0.05) is 13.2 Å². The van der Waals surface area contributed by atoms with Crippen molar-refractivity contribution in [1.29, 1.82) is 0 Å². The fourth-order valence-electron chi connectivity index (χ4n) is 4.58. The van der Waals surface area contributed by atoms with Gasteiger partial charge >= 0.3 is 0 Å². The summed E-state index contributed by atoms with van der Waals surface area (Å²) in [6.45, 7) is 3.22. The van der Waals surface area contributed by atoms with E-state index in [1.54, 1.807) is 30.3 Å². The highest BCUT2D eigenvalue weighted by atomic mass is 16.5. The van der Waals surface area contributed by atoms with Crippen LogP contribution in [0.5, 0.6) is 17.2 Å². The third-order valence-corrected chi connectivity index (χ3v) is 6.11. The molecule has 2 atom stereocenters. The van der Waals surface area contributed by atoms with Crippen molar-refractivity contribution in [2.45, 2.75) is 31.9 Å². The molecule has 0 spiro atoms. The zero-order chi connectivity index (χ0) is 24.2. The van der Waals surface area contributed by atoms with Crippen LogP contribution in [0.4, 0.5) is 0 Å². The normalized spacial score (nSPS) is 21.7. The molecule has 0 aliphatic carbocycles. The molecule has 2 heterocycles. The van der Waals surface area contributed by atoms with Gasteiger partial charge in [-0.25, -0.2) is 0 Å². The van der Waals surface area contributed by atoms with Crippen LogP contribution >= 0.6 is 0 Å². The summed E-state index contributed by atoms with van der Waals surface area (Å²) in [5.41, 5.74) is 0.839. The molecule has 2 unspecified atom stereocenters. The van der Waals surface area contributed by atoms with Crippen LogP contribution < -0.4 is 14.2 Å². The van der Waals surface area contributed by atoms with Crippen LogP contribution in [0.15, 0.2) is 48.0 Å². The number of ether oxygens (including phenoxy) is 4. The molecular weight excluding hydrogens is 438 g/mol. The molecule has 34 heavy (non-hydrogen) atoms. The Kier molecular flexibility index (Phi) is 7.07. The summed E-state index contributed by atoms with van der Waals surface area (Å²) < 4.78 is 22.3. The first kappa shape index (κ1) is 23.6. The average Bonchev–Trinajstić information content (AvgIpc) is 3.46. The highest BCUT2D eigenvalue weighted by molar-refractivity contribution is 6.46. The molecule has 1 amide bonds. The van der Waals surface area contributed by atoms with Crippen LogP contribution in [-0.4, -0.2) is 61.8 Å². The number of likely N-dealkylation sites (tertiary alicyclic amines) is 1. The molecule has 2 aromatic carbocycles. The van der Waals surface area contributed by atoms with Gasteiger partial charge < -0.3 is 29.0 Å². The second-order valence-corrected chi connectivity index (χ2v) is 8.13. The van der Waals surface area contributed by atoms with Gasteiger partial charge in [-0.2, -0.15) is 0 Å². The van der Waals surface area contributed by atoms with Crippen molar-refractivity contribution in [2.75, 3.05) is 34.0 Å². The van der Waals surface area contributed by atoms with Gasteiger partial charge in [0.25, 0.3) is 11.7 Å². The lowest BCUT2D eigenvalue weighted by molar-refractivity contribution is -0.140. The molecule has 4 rings (SSSR count). The number of benzene rings is 2. The standard InChI is InChI=1S/C26H29NO7/c1-4-33-17-9-5-8-16(14-17)23-22(24(28)21-19(31-2)11-6-12-20(21)32-3)25(29)26(30)27(23)15-18-10-7-13-34-18/h5-6,8-9,11-12,14,18,23,28H,4,7,10,13,15H2,1-3H3/b24-22+. The third kappa shape index (κ3) is 4.33. The fraction of sp³-hybridized carbons (Fsp3) is 0.385. The molecule has 0 aromatic heterocycles. The van der Waals surface area contributed by atoms with Crippen LogP contribution in [-0.2, 0) is 14.3 Å². The average molecular weight is 468 g/mol. The lowest BCUT2D eigenvalue weighted by atomic mass is 9.94. The molecule has 2 aromatic rings. The van der Waals surface area contributed by atoms with E-state index < -0.39 is 17.7 Å². The summed E-state index contributed by atoms with van der Waals surface area (Å²) in [7, 11) is 2.93. The smallest absolute Gasteiger partial charge is 0.295 e. The van der Waals surface area contributed by atoms with Gasteiger partial charge in [-0.3, -0.25) is 9.59 Å². The topological polar surface area (TPSA) is 94.5 Å². The Hall–Kier alpha value is -3.52. The SMILES string of the molecule is CCOc1cccc(C2/C(=C(\O)c3c(OC)cccc3OC)C(=O)C(=O)N2CC2CCCO2)c1. The van der Waals surface area contributed by atoms with Crippen molar-refractivity contribution in [3.05, 3.63) is 59.2 Å². The van der Waals surface area contributed by atoms with E-state index >= 15 is 0 Å². The first-order valence-corrected chi connectivity index (χ1v) is 11.3. The Morgan fingerprint density at radius 3 is 2.44 bits per heavy atom. The van der Waals surface area contributed by atoms with Crippen LogP contribution in [0.25, 0.3) is 5.76 Å². The molecule has 0 saturated carbocycles. The van der Waals surface area contributed by atoms with E-state index in [2.05, 4.69) is 0 Å². The maximum atomic E-state index is 13.3. The number of aliphatic hydroxyl groups excluding tert-OH is 1. The van der Waals surface area contributed by atoms with Crippen molar-refractivity contribution >= 4 is 17.4 Å². The minimum absolute atomic E-state index is 0.0283. The zero-order valence-electron chi connectivity index (χ0n) is 19.6. The van der Waals surface area contributed by atoms with Gasteiger partial charge in [-0.1, -0.05) is 18.2 Å². The first-order valence-electron chi connectivity index (χ1n) is 11.3.